The van der Waals surface area contributed by atoms with E-state index in [1.807, 2.05) is 17.0 Å². The molecule has 0 radical (unpaired) electrons. The Morgan fingerprint density at radius 3 is 2.79 bits per heavy atom. The van der Waals surface area contributed by atoms with Gasteiger partial charge in [-0.05, 0) is 18.1 Å². The Bertz CT molecular complexity index is 708. The summed E-state index contributed by atoms with van der Waals surface area (Å²) in [6, 6.07) is 5.48. The van der Waals surface area contributed by atoms with Gasteiger partial charge in [0.1, 0.15) is 5.52 Å². The lowest BCUT2D eigenvalue weighted by Gasteiger charge is -2.34. The van der Waals surface area contributed by atoms with Crippen LogP contribution in [0.4, 0.5) is 4.79 Å². The third-order valence-electron chi connectivity index (χ3n) is 4.07. The van der Waals surface area contributed by atoms with E-state index in [9.17, 15) is 4.79 Å². The van der Waals surface area contributed by atoms with Crippen molar-refractivity contribution in [1.29, 1.82) is 0 Å². The molecule has 1 aromatic carbocycles. The number of aromatic nitrogens is 1. The highest BCUT2D eigenvalue weighted by molar-refractivity contribution is 6.31. The van der Waals surface area contributed by atoms with Gasteiger partial charge < -0.3 is 14.6 Å². The van der Waals surface area contributed by atoms with Gasteiger partial charge in [-0.1, -0.05) is 25.4 Å². The molecular weight excluding hydrogens is 328 g/mol. The molecule has 0 atom stereocenters. The molecule has 0 bridgehead atoms. The SMILES string of the molecule is CC(C)CNC(=O)N1CCN(Cc2nc3ccc(Cl)cc3o2)CC1. The first kappa shape index (κ1) is 17.0. The molecule has 0 aliphatic carbocycles. The number of amides is 2. The van der Waals surface area contributed by atoms with E-state index in [1.165, 1.54) is 0 Å². The first-order valence-corrected chi connectivity index (χ1v) is 8.69. The van der Waals surface area contributed by atoms with Gasteiger partial charge in [-0.3, -0.25) is 4.90 Å². The van der Waals surface area contributed by atoms with E-state index in [0.717, 1.165) is 31.7 Å². The Kier molecular flexibility index (Phi) is 5.26. The molecule has 1 aliphatic heterocycles. The highest BCUT2D eigenvalue weighted by Gasteiger charge is 2.22. The Morgan fingerprint density at radius 1 is 1.33 bits per heavy atom. The first-order chi connectivity index (χ1) is 11.5. The summed E-state index contributed by atoms with van der Waals surface area (Å²) < 4.78 is 5.76. The van der Waals surface area contributed by atoms with Crippen LogP contribution in [0.1, 0.15) is 19.7 Å². The van der Waals surface area contributed by atoms with Crippen LogP contribution < -0.4 is 5.32 Å². The number of fused-ring (bicyclic) bond motifs is 1. The first-order valence-electron chi connectivity index (χ1n) is 8.31. The zero-order valence-corrected chi connectivity index (χ0v) is 14.8. The van der Waals surface area contributed by atoms with Gasteiger partial charge >= 0.3 is 6.03 Å². The van der Waals surface area contributed by atoms with Crippen LogP contribution in [0, 0.1) is 5.92 Å². The largest absolute Gasteiger partial charge is 0.439 e. The summed E-state index contributed by atoms with van der Waals surface area (Å²) in [5.74, 6) is 1.15. The van der Waals surface area contributed by atoms with Gasteiger partial charge in [-0.2, -0.15) is 0 Å². The monoisotopic (exact) mass is 350 g/mol. The number of hydrogen-bond acceptors (Lipinski definition) is 4. The minimum absolute atomic E-state index is 0.0276. The number of benzene rings is 1. The van der Waals surface area contributed by atoms with Crippen LogP contribution in [0.15, 0.2) is 22.6 Å². The lowest BCUT2D eigenvalue weighted by molar-refractivity contribution is 0.129. The van der Waals surface area contributed by atoms with Crippen LogP contribution >= 0.6 is 11.6 Å². The molecule has 2 amide bonds. The Morgan fingerprint density at radius 2 is 2.08 bits per heavy atom. The fourth-order valence-corrected chi connectivity index (χ4v) is 2.88. The van der Waals surface area contributed by atoms with Crippen LogP contribution in [0.2, 0.25) is 5.02 Å². The molecule has 6 nitrogen and oxygen atoms in total. The standard InChI is InChI=1S/C17H23ClN4O2/c1-12(2)10-19-17(23)22-7-5-21(6-8-22)11-16-20-14-4-3-13(18)9-15(14)24-16/h3-4,9,12H,5-8,10-11H2,1-2H3,(H,19,23). The average molecular weight is 351 g/mol. The molecule has 0 spiro atoms. The Hall–Kier alpha value is -1.79. The second-order valence-corrected chi connectivity index (χ2v) is 7.00. The third kappa shape index (κ3) is 4.19. The minimum Gasteiger partial charge on any atom is -0.439 e. The summed E-state index contributed by atoms with van der Waals surface area (Å²) >= 11 is 5.97. The number of halogens is 1. The highest BCUT2D eigenvalue weighted by atomic mass is 35.5. The topological polar surface area (TPSA) is 61.6 Å². The fraction of sp³-hybridized carbons (Fsp3) is 0.529. The summed E-state index contributed by atoms with van der Waals surface area (Å²) in [7, 11) is 0. The summed E-state index contributed by atoms with van der Waals surface area (Å²) in [6.45, 7) is 8.60. The molecule has 1 aliphatic rings. The van der Waals surface area contributed by atoms with Crippen molar-refractivity contribution in [3.05, 3.63) is 29.1 Å². The minimum atomic E-state index is 0.0276. The molecule has 2 aromatic rings. The molecule has 3 rings (SSSR count). The predicted octanol–water partition coefficient (Wildman–Crippen LogP) is 2.96. The van der Waals surface area contributed by atoms with Gasteiger partial charge in [0.05, 0.1) is 6.54 Å². The van der Waals surface area contributed by atoms with Crippen molar-refractivity contribution < 1.29 is 9.21 Å². The van der Waals surface area contributed by atoms with E-state index < -0.39 is 0 Å². The van der Waals surface area contributed by atoms with Gasteiger partial charge in [-0.15, -0.1) is 0 Å². The van der Waals surface area contributed by atoms with Crippen LogP contribution in [0.5, 0.6) is 0 Å². The van der Waals surface area contributed by atoms with Crippen LogP contribution in [-0.4, -0.2) is 53.5 Å². The van der Waals surface area contributed by atoms with E-state index >= 15 is 0 Å². The molecule has 1 saturated heterocycles. The van der Waals surface area contributed by atoms with E-state index in [1.54, 1.807) is 6.07 Å². The van der Waals surface area contributed by atoms with Crippen molar-refractivity contribution in [3.8, 4) is 0 Å². The number of rotatable bonds is 4. The molecule has 1 N–H and O–H groups in total. The number of oxazole rings is 1. The lowest BCUT2D eigenvalue weighted by atomic mass is 10.2. The zero-order chi connectivity index (χ0) is 17.1. The van der Waals surface area contributed by atoms with Crippen molar-refractivity contribution in [3.63, 3.8) is 0 Å². The van der Waals surface area contributed by atoms with E-state index in [4.69, 9.17) is 16.0 Å². The summed E-state index contributed by atoms with van der Waals surface area (Å²) in [4.78, 5) is 20.7. The Labute approximate surface area is 146 Å². The number of hydrogen-bond donors (Lipinski definition) is 1. The van der Waals surface area contributed by atoms with Gasteiger partial charge in [0.15, 0.2) is 5.58 Å². The molecule has 0 saturated carbocycles. The van der Waals surface area contributed by atoms with Crippen molar-refractivity contribution in [2.24, 2.45) is 5.92 Å². The molecule has 0 unspecified atom stereocenters. The maximum absolute atomic E-state index is 12.1. The summed E-state index contributed by atoms with van der Waals surface area (Å²) in [6.07, 6.45) is 0. The van der Waals surface area contributed by atoms with Crippen LogP contribution in [0.3, 0.4) is 0 Å². The molecule has 7 heteroatoms. The summed E-state index contributed by atoms with van der Waals surface area (Å²) in [5, 5.41) is 3.61. The number of carbonyl (C=O) groups is 1. The molecule has 2 heterocycles. The molecule has 130 valence electrons. The van der Waals surface area contributed by atoms with Crippen molar-refractivity contribution >= 4 is 28.7 Å². The van der Waals surface area contributed by atoms with E-state index in [-0.39, 0.29) is 6.03 Å². The maximum Gasteiger partial charge on any atom is 0.317 e. The number of piperazine rings is 1. The zero-order valence-electron chi connectivity index (χ0n) is 14.1. The summed E-state index contributed by atoms with van der Waals surface area (Å²) in [5.41, 5.74) is 1.53. The van der Waals surface area contributed by atoms with Crippen LogP contribution in [0.25, 0.3) is 11.1 Å². The van der Waals surface area contributed by atoms with Crippen molar-refractivity contribution in [2.45, 2.75) is 20.4 Å². The molecule has 24 heavy (non-hydrogen) atoms. The molecule has 1 aromatic heterocycles. The normalized spacial score (nSPS) is 16.1. The number of nitrogens with zero attached hydrogens (tertiary/aromatic N) is 3. The molecular formula is C17H23ClN4O2. The second kappa shape index (κ2) is 7.40. The number of nitrogens with one attached hydrogen (secondary N) is 1. The predicted molar refractivity (Wildman–Crippen MR) is 94.1 cm³/mol. The fourth-order valence-electron chi connectivity index (χ4n) is 2.72. The quantitative estimate of drug-likeness (QED) is 0.920. The average Bonchev–Trinajstić information content (AvgIpc) is 2.94. The van der Waals surface area contributed by atoms with Gasteiger partial charge in [-0.25, -0.2) is 9.78 Å². The smallest absolute Gasteiger partial charge is 0.317 e. The molecule has 1 fully saturated rings. The second-order valence-electron chi connectivity index (χ2n) is 6.56. The number of carbonyl (C=O) groups excluding carboxylic acids is 1. The highest BCUT2D eigenvalue weighted by Crippen LogP contribution is 2.21. The van der Waals surface area contributed by atoms with Gasteiger partial charge in [0.2, 0.25) is 5.89 Å². The third-order valence-corrected chi connectivity index (χ3v) is 4.31. The van der Waals surface area contributed by atoms with E-state index in [2.05, 4.69) is 29.0 Å². The van der Waals surface area contributed by atoms with Crippen molar-refractivity contribution in [2.75, 3.05) is 32.7 Å². The van der Waals surface area contributed by atoms with Gasteiger partial charge in [0, 0.05) is 43.8 Å². The Balaban J connectivity index is 1.52. The lowest BCUT2D eigenvalue weighted by Crippen LogP contribution is -2.51. The van der Waals surface area contributed by atoms with E-state index in [0.29, 0.717) is 35.5 Å². The van der Waals surface area contributed by atoms with Crippen LogP contribution in [-0.2, 0) is 6.54 Å². The van der Waals surface area contributed by atoms with Crippen molar-refractivity contribution in [1.82, 2.24) is 20.1 Å². The van der Waals surface area contributed by atoms with Gasteiger partial charge in [0.25, 0.3) is 0 Å². The maximum atomic E-state index is 12.1. The number of urea groups is 1.